The van der Waals surface area contributed by atoms with Gasteiger partial charge in [0.1, 0.15) is 11.8 Å². The fourth-order valence-electron chi connectivity index (χ4n) is 3.89. The van der Waals surface area contributed by atoms with Crippen LogP contribution in [0.4, 0.5) is 11.5 Å². The number of aromatic nitrogens is 4. The first-order valence-corrected chi connectivity index (χ1v) is 9.66. The second kappa shape index (κ2) is 7.18. The van der Waals surface area contributed by atoms with Crippen molar-refractivity contribution in [3.05, 3.63) is 60.8 Å². The van der Waals surface area contributed by atoms with Crippen molar-refractivity contribution < 1.29 is 0 Å². The summed E-state index contributed by atoms with van der Waals surface area (Å²) >= 11 is 0. The largest absolute Gasteiger partial charge is 0.338 e. The monoisotopic (exact) mass is 373 g/mol. The van der Waals surface area contributed by atoms with Gasteiger partial charge in [0, 0.05) is 42.3 Å². The van der Waals surface area contributed by atoms with Gasteiger partial charge in [-0.05, 0) is 61.1 Å². The molecule has 0 spiro atoms. The normalized spacial score (nSPS) is 16.0. The van der Waals surface area contributed by atoms with E-state index in [0.717, 1.165) is 60.3 Å². The van der Waals surface area contributed by atoms with Gasteiger partial charge < -0.3 is 11.1 Å². The van der Waals surface area contributed by atoms with E-state index in [-0.39, 0.29) is 0 Å². The van der Waals surface area contributed by atoms with Crippen molar-refractivity contribution in [3.63, 3.8) is 0 Å². The summed E-state index contributed by atoms with van der Waals surface area (Å²) < 4.78 is 1.89. The average Bonchev–Trinajstić information content (AvgIpc) is 3.13. The highest BCUT2D eigenvalue weighted by molar-refractivity contribution is 5.86. The highest BCUT2D eigenvalue weighted by Gasteiger charge is 2.18. The van der Waals surface area contributed by atoms with E-state index in [1.165, 1.54) is 5.56 Å². The lowest BCUT2D eigenvalue weighted by Gasteiger charge is -2.29. The van der Waals surface area contributed by atoms with E-state index in [4.69, 9.17) is 5.73 Å². The molecule has 7 heteroatoms. The van der Waals surface area contributed by atoms with Crippen molar-refractivity contribution in [2.45, 2.75) is 25.4 Å². The van der Waals surface area contributed by atoms with Crippen LogP contribution in [-0.4, -0.2) is 43.6 Å². The van der Waals surface area contributed by atoms with Gasteiger partial charge in [0.2, 0.25) is 0 Å². The highest BCUT2D eigenvalue weighted by Crippen LogP contribution is 2.26. The van der Waals surface area contributed by atoms with Gasteiger partial charge >= 0.3 is 0 Å². The Morgan fingerprint density at radius 2 is 2.00 bits per heavy atom. The van der Waals surface area contributed by atoms with E-state index in [2.05, 4.69) is 49.5 Å². The molecular formula is C21H23N7. The summed E-state index contributed by atoms with van der Waals surface area (Å²) in [5, 5.41) is 10.1. The number of likely N-dealkylation sites (tertiary alicyclic amines) is 1. The number of hydrogen-bond donors (Lipinski definition) is 2. The van der Waals surface area contributed by atoms with Crippen LogP contribution in [0.5, 0.6) is 0 Å². The highest BCUT2D eigenvalue weighted by atomic mass is 15.3. The Hall–Kier alpha value is -3.03. The zero-order valence-corrected chi connectivity index (χ0v) is 15.6. The smallest absolute Gasteiger partial charge is 0.158 e. The van der Waals surface area contributed by atoms with Crippen molar-refractivity contribution in [3.8, 4) is 0 Å². The number of nitrogens with one attached hydrogen (secondary N) is 1. The van der Waals surface area contributed by atoms with E-state index in [9.17, 15) is 0 Å². The molecule has 0 amide bonds. The van der Waals surface area contributed by atoms with Crippen molar-refractivity contribution >= 4 is 27.8 Å². The third-order valence-electron chi connectivity index (χ3n) is 5.47. The van der Waals surface area contributed by atoms with E-state index >= 15 is 0 Å². The van der Waals surface area contributed by atoms with Crippen LogP contribution in [0.15, 0.2) is 55.2 Å². The summed E-state index contributed by atoms with van der Waals surface area (Å²) in [4.78, 5) is 11.2. The van der Waals surface area contributed by atoms with Gasteiger partial charge in [-0.3, -0.25) is 9.88 Å². The van der Waals surface area contributed by atoms with E-state index in [1.54, 1.807) is 6.33 Å². The van der Waals surface area contributed by atoms with Gasteiger partial charge in [-0.25, -0.2) is 9.50 Å². The molecule has 4 heterocycles. The fourth-order valence-corrected chi connectivity index (χ4v) is 3.89. The molecule has 7 nitrogen and oxygen atoms in total. The minimum Gasteiger partial charge on any atom is -0.338 e. The number of pyridine rings is 1. The molecule has 3 aromatic heterocycles. The zero-order valence-electron chi connectivity index (χ0n) is 15.6. The van der Waals surface area contributed by atoms with Gasteiger partial charge in [0.05, 0.1) is 0 Å². The van der Waals surface area contributed by atoms with Crippen LogP contribution in [-0.2, 0) is 6.54 Å². The molecule has 0 atom stereocenters. The van der Waals surface area contributed by atoms with E-state index in [1.807, 2.05) is 29.2 Å². The van der Waals surface area contributed by atoms with Crippen LogP contribution in [0.25, 0.3) is 16.3 Å². The van der Waals surface area contributed by atoms with Crippen LogP contribution in [0.3, 0.4) is 0 Å². The lowest BCUT2D eigenvalue weighted by Crippen LogP contribution is -2.39. The summed E-state index contributed by atoms with van der Waals surface area (Å²) in [6.45, 7) is 2.95. The van der Waals surface area contributed by atoms with E-state index < -0.39 is 0 Å². The predicted octanol–water partition coefficient (Wildman–Crippen LogP) is 2.94. The number of nitrogens with zero attached hydrogens (tertiary/aromatic N) is 5. The molecule has 5 rings (SSSR count). The molecule has 1 aromatic carbocycles. The van der Waals surface area contributed by atoms with Gasteiger partial charge in [0.15, 0.2) is 5.82 Å². The summed E-state index contributed by atoms with van der Waals surface area (Å²) in [5.41, 5.74) is 9.29. The first-order valence-electron chi connectivity index (χ1n) is 9.66. The predicted molar refractivity (Wildman–Crippen MR) is 110 cm³/mol. The number of nitrogens with two attached hydrogens (primary N) is 1. The Kier molecular flexibility index (Phi) is 4.38. The van der Waals surface area contributed by atoms with Gasteiger partial charge in [0.25, 0.3) is 0 Å². The van der Waals surface area contributed by atoms with Gasteiger partial charge in [-0.2, -0.15) is 5.10 Å². The van der Waals surface area contributed by atoms with Crippen molar-refractivity contribution in [1.82, 2.24) is 24.5 Å². The third kappa shape index (κ3) is 3.30. The van der Waals surface area contributed by atoms with Crippen molar-refractivity contribution in [2.24, 2.45) is 5.73 Å². The third-order valence-corrected chi connectivity index (χ3v) is 5.47. The molecule has 0 aliphatic carbocycles. The molecule has 4 aromatic rings. The summed E-state index contributed by atoms with van der Waals surface area (Å²) in [6, 6.07) is 10.7. The lowest BCUT2D eigenvalue weighted by atomic mass is 10.1. The Balaban J connectivity index is 1.46. The number of benzene rings is 1. The van der Waals surface area contributed by atoms with Gasteiger partial charge in [-0.1, -0.05) is 6.07 Å². The standard InChI is InChI=1S/C21H23N7/c22-18-5-8-27(9-6-18)13-17-4-10-28-20(17)21(24-14-25-28)26-19-2-1-16-12-23-7-3-15(16)11-19/h1-4,7,10-12,14,18H,5-6,8-9,13,22H2,(H,24,25,26). The second-order valence-corrected chi connectivity index (χ2v) is 7.42. The maximum absolute atomic E-state index is 6.05. The minimum absolute atomic E-state index is 0.339. The number of anilines is 2. The number of hydrogen-bond acceptors (Lipinski definition) is 6. The maximum Gasteiger partial charge on any atom is 0.158 e. The van der Waals surface area contributed by atoms with Crippen molar-refractivity contribution in [1.29, 1.82) is 0 Å². The van der Waals surface area contributed by atoms with Crippen molar-refractivity contribution in [2.75, 3.05) is 18.4 Å². The van der Waals surface area contributed by atoms with Crippen LogP contribution >= 0.6 is 0 Å². The lowest BCUT2D eigenvalue weighted by molar-refractivity contribution is 0.206. The Labute approximate surface area is 163 Å². The number of rotatable bonds is 4. The van der Waals surface area contributed by atoms with Crippen LogP contribution in [0.1, 0.15) is 18.4 Å². The van der Waals surface area contributed by atoms with Crippen LogP contribution in [0.2, 0.25) is 0 Å². The van der Waals surface area contributed by atoms with Crippen LogP contribution < -0.4 is 11.1 Å². The molecule has 0 saturated carbocycles. The SMILES string of the molecule is NC1CCN(Cc2ccn3ncnc(Nc4ccc5cnccc5c4)c23)CC1. The first kappa shape index (κ1) is 17.1. The number of fused-ring (bicyclic) bond motifs is 2. The zero-order chi connectivity index (χ0) is 18.9. The minimum atomic E-state index is 0.339. The molecule has 1 saturated heterocycles. The molecule has 3 N–H and O–H groups in total. The molecule has 1 aliphatic rings. The summed E-state index contributed by atoms with van der Waals surface area (Å²) in [6.07, 6.45) is 9.38. The molecule has 142 valence electrons. The quantitative estimate of drug-likeness (QED) is 0.572. The van der Waals surface area contributed by atoms with E-state index in [0.29, 0.717) is 6.04 Å². The molecule has 0 bridgehead atoms. The first-order chi connectivity index (χ1) is 13.8. The topological polar surface area (TPSA) is 84.4 Å². The fraction of sp³-hybridized carbons (Fsp3) is 0.286. The maximum atomic E-state index is 6.05. The molecular weight excluding hydrogens is 350 g/mol. The molecule has 0 unspecified atom stereocenters. The Morgan fingerprint density at radius 3 is 2.89 bits per heavy atom. The van der Waals surface area contributed by atoms with Crippen LogP contribution in [0, 0.1) is 0 Å². The molecule has 1 aliphatic heterocycles. The Morgan fingerprint density at radius 1 is 1.11 bits per heavy atom. The van der Waals surface area contributed by atoms with Gasteiger partial charge in [-0.15, -0.1) is 0 Å². The summed E-state index contributed by atoms with van der Waals surface area (Å²) in [7, 11) is 0. The second-order valence-electron chi connectivity index (χ2n) is 7.42. The molecule has 0 radical (unpaired) electrons. The molecule has 1 fully saturated rings. The average molecular weight is 373 g/mol. The Bertz CT molecular complexity index is 1110. The molecule has 28 heavy (non-hydrogen) atoms. The number of piperidine rings is 1. The summed E-state index contributed by atoms with van der Waals surface area (Å²) in [5.74, 6) is 0.817.